The van der Waals surface area contributed by atoms with Gasteiger partial charge in [-0.05, 0) is 62.5 Å². The molecule has 0 radical (unpaired) electrons. The molecule has 5 rings (SSSR count). The van der Waals surface area contributed by atoms with Gasteiger partial charge in [-0.25, -0.2) is 4.79 Å². The van der Waals surface area contributed by atoms with Crippen LogP contribution in [-0.2, 0) is 11.3 Å². The smallest absolute Gasteiger partial charge is 0.318 e. The minimum absolute atomic E-state index is 0.221. The Bertz CT molecular complexity index is 1490. The van der Waals surface area contributed by atoms with Gasteiger partial charge in [-0.3, -0.25) is 4.79 Å². The van der Waals surface area contributed by atoms with Gasteiger partial charge in [0, 0.05) is 67.1 Å². The summed E-state index contributed by atoms with van der Waals surface area (Å²) in [6.07, 6.45) is 1.94. The molecule has 4 aromatic rings. The number of urea groups is 1. The highest BCUT2D eigenvalue weighted by Crippen LogP contribution is 2.29. The van der Waals surface area contributed by atoms with Crippen LogP contribution < -0.4 is 15.5 Å². The Hall–Kier alpha value is -4.30. The number of nitrogens with zero attached hydrogens (tertiary/aromatic N) is 3. The molecule has 1 aliphatic heterocycles. The summed E-state index contributed by atoms with van der Waals surface area (Å²) < 4.78 is 0. The fourth-order valence-electron chi connectivity index (χ4n) is 5.55. The van der Waals surface area contributed by atoms with Crippen LogP contribution in [0.2, 0.25) is 0 Å². The van der Waals surface area contributed by atoms with Crippen molar-refractivity contribution >= 4 is 34.2 Å². The number of aromatic nitrogens is 1. The number of piperazine rings is 1. The van der Waals surface area contributed by atoms with Crippen LogP contribution in [0.1, 0.15) is 29.5 Å². The highest BCUT2D eigenvalue weighted by molar-refractivity contribution is 5.98. The Labute approximate surface area is 242 Å². The molecule has 1 aromatic heterocycles. The lowest BCUT2D eigenvalue weighted by atomic mass is 9.92. The van der Waals surface area contributed by atoms with E-state index in [4.69, 9.17) is 0 Å². The van der Waals surface area contributed by atoms with Gasteiger partial charge in [0.15, 0.2) is 0 Å². The number of rotatable bonds is 8. The van der Waals surface area contributed by atoms with Gasteiger partial charge in [0.2, 0.25) is 5.91 Å². The minimum Gasteiger partial charge on any atom is -0.368 e. The average Bonchev–Trinajstić information content (AvgIpc) is 3.40. The number of H-pyrrole nitrogens is 1. The summed E-state index contributed by atoms with van der Waals surface area (Å²) >= 11 is 0. The number of aryl methyl sites for hydroxylation is 1. The largest absolute Gasteiger partial charge is 0.368 e. The molecule has 2 heterocycles. The molecule has 214 valence electrons. The molecule has 1 fully saturated rings. The van der Waals surface area contributed by atoms with Crippen molar-refractivity contribution in [3.8, 4) is 0 Å². The van der Waals surface area contributed by atoms with Gasteiger partial charge in [0.1, 0.15) is 6.04 Å². The Morgan fingerprint density at radius 3 is 2.41 bits per heavy atom. The number of fused-ring (bicyclic) bond motifs is 1. The van der Waals surface area contributed by atoms with Gasteiger partial charge in [0.05, 0.1) is 0 Å². The first-order valence-electron chi connectivity index (χ1n) is 14.3. The Balaban J connectivity index is 1.33. The summed E-state index contributed by atoms with van der Waals surface area (Å²) in [7, 11) is 4.03. The fourth-order valence-corrected chi connectivity index (χ4v) is 5.55. The zero-order valence-electron chi connectivity index (χ0n) is 24.4. The molecule has 0 aliphatic carbocycles. The van der Waals surface area contributed by atoms with E-state index < -0.39 is 6.04 Å². The van der Waals surface area contributed by atoms with Crippen molar-refractivity contribution in [2.45, 2.75) is 32.4 Å². The minimum atomic E-state index is -0.769. The highest BCUT2D eigenvalue weighted by Gasteiger charge is 2.32. The van der Waals surface area contributed by atoms with Crippen LogP contribution >= 0.6 is 0 Å². The van der Waals surface area contributed by atoms with Crippen LogP contribution in [0.25, 0.3) is 10.9 Å². The predicted molar refractivity (Wildman–Crippen MR) is 166 cm³/mol. The molecule has 0 saturated carbocycles. The third-order valence-corrected chi connectivity index (χ3v) is 7.83. The van der Waals surface area contributed by atoms with Crippen molar-refractivity contribution in [3.05, 3.63) is 95.7 Å². The van der Waals surface area contributed by atoms with Crippen LogP contribution in [0.3, 0.4) is 0 Å². The number of aromatic amines is 1. The summed E-state index contributed by atoms with van der Waals surface area (Å²) in [5, 5.41) is 7.23. The lowest BCUT2D eigenvalue weighted by Gasteiger charge is -2.37. The summed E-state index contributed by atoms with van der Waals surface area (Å²) in [4.78, 5) is 36.9. The fraction of sp³-hybridized carbons (Fsp3) is 0.333. The zero-order chi connectivity index (χ0) is 28.9. The maximum atomic E-state index is 13.8. The van der Waals surface area contributed by atoms with Crippen molar-refractivity contribution in [2.24, 2.45) is 0 Å². The van der Waals surface area contributed by atoms with E-state index in [9.17, 15) is 9.59 Å². The molecule has 8 nitrogen and oxygen atoms in total. The van der Waals surface area contributed by atoms with E-state index in [-0.39, 0.29) is 17.9 Å². The molecule has 3 N–H and O–H groups in total. The summed E-state index contributed by atoms with van der Waals surface area (Å²) in [5.41, 5.74) is 6.20. The van der Waals surface area contributed by atoms with Gasteiger partial charge >= 0.3 is 6.03 Å². The number of hydrogen-bond donors (Lipinski definition) is 3. The van der Waals surface area contributed by atoms with Gasteiger partial charge in [-0.2, -0.15) is 0 Å². The molecule has 1 aliphatic rings. The summed E-state index contributed by atoms with van der Waals surface area (Å²) in [6, 6.07) is 23.4. The molecule has 0 spiro atoms. The first-order chi connectivity index (χ1) is 19.8. The molecule has 1 saturated heterocycles. The number of carbonyl (C=O) groups is 2. The normalized spacial score (nSPS) is 15.1. The summed E-state index contributed by atoms with van der Waals surface area (Å²) in [5.74, 6) is -0.509. The molecule has 8 heteroatoms. The molecule has 0 unspecified atom stereocenters. The maximum Gasteiger partial charge on any atom is 0.318 e. The van der Waals surface area contributed by atoms with E-state index in [1.54, 1.807) is 0 Å². The highest BCUT2D eigenvalue weighted by atomic mass is 16.2. The standard InChI is InChI=1S/C33H40N6O2/c1-23-12-14-27(15-13-23)38-16-18-39(19-17-38)33(41)36-31(24(2)29-21-34-30-11-6-5-10-28(29)30)32(40)35-26-9-7-8-25(20-26)22-37(3)4/h5-15,20-21,24,31,34H,16-19,22H2,1-4H3,(H,35,40)(H,36,41)/t24-,31+/m0/s1. The monoisotopic (exact) mass is 552 g/mol. The first-order valence-corrected chi connectivity index (χ1v) is 14.3. The van der Waals surface area contributed by atoms with Crippen molar-refractivity contribution in [1.29, 1.82) is 0 Å². The number of amides is 3. The molecule has 2 atom stereocenters. The van der Waals surface area contributed by atoms with Crippen LogP contribution in [-0.4, -0.2) is 73.0 Å². The number of anilines is 2. The second-order valence-electron chi connectivity index (χ2n) is 11.2. The van der Waals surface area contributed by atoms with Gasteiger partial charge in [-0.1, -0.05) is 55.0 Å². The Morgan fingerprint density at radius 2 is 1.68 bits per heavy atom. The lowest BCUT2D eigenvalue weighted by Crippen LogP contribution is -2.56. The van der Waals surface area contributed by atoms with Crippen molar-refractivity contribution in [1.82, 2.24) is 20.1 Å². The van der Waals surface area contributed by atoms with E-state index >= 15 is 0 Å². The van der Waals surface area contributed by atoms with E-state index in [0.717, 1.165) is 47.4 Å². The third kappa shape index (κ3) is 6.72. The predicted octanol–water partition coefficient (Wildman–Crippen LogP) is 5.18. The topological polar surface area (TPSA) is 83.7 Å². The van der Waals surface area contributed by atoms with Crippen LogP contribution in [0, 0.1) is 6.92 Å². The molecular formula is C33H40N6O2. The van der Waals surface area contributed by atoms with Crippen molar-refractivity contribution in [3.63, 3.8) is 0 Å². The average molecular weight is 553 g/mol. The second-order valence-corrected chi connectivity index (χ2v) is 11.2. The van der Waals surface area contributed by atoms with E-state index in [2.05, 4.69) is 56.6 Å². The lowest BCUT2D eigenvalue weighted by molar-refractivity contribution is -0.118. The van der Waals surface area contributed by atoms with E-state index in [1.165, 1.54) is 5.56 Å². The Kier molecular flexibility index (Phi) is 8.59. The zero-order valence-corrected chi connectivity index (χ0v) is 24.4. The third-order valence-electron chi connectivity index (χ3n) is 7.83. The number of benzene rings is 3. The number of carbonyl (C=O) groups excluding carboxylic acids is 2. The van der Waals surface area contributed by atoms with E-state index in [0.29, 0.717) is 18.8 Å². The van der Waals surface area contributed by atoms with Gasteiger partial charge < -0.3 is 30.3 Å². The maximum absolute atomic E-state index is 13.8. The molecule has 41 heavy (non-hydrogen) atoms. The number of nitrogens with one attached hydrogen (secondary N) is 3. The van der Waals surface area contributed by atoms with Gasteiger partial charge in [0.25, 0.3) is 0 Å². The second kappa shape index (κ2) is 12.5. The summed E-state index contributed by atoms with van der Waals surface area (Å²) in [6.45, 7) is 7.50. The number of hydrogen-bond acceptors (Lipinski definition) is 4. The molecule has 3 aromatic carbocycles. The first kappa shape index (κ1) is 28.2. The van der Waals surface area contributed by atoms with Crippen molar-refractivity contribution < 1.29 is 9.59 Å². The molecular weight excluding hydrogens is 512 g/mol. The van der Waals surface area contributed by atoms with Gasteiger partial charge in [-0.15, -0.1) is 0 Å². The van der Waals surface area contributed by atoms with Crippen LogP contribution in [0.4, 0.5) is 16.2 Å². The van der Waals surface area contributed by atoms with Crippen LogP contribution in [0.5, 0.6) is 0 Å². The SMILES string of the molecule is Cc1ccc(N2CCN(C(=O)N[C@@H](C(=O)Nc3cccc(CN(C)C)c3)[C@@H](C)c3c[nH]c4ccccc34)CC2)cc1. The molecule has 0 bridgehead atoms. The van der Waals surface area contributed by atoms with Crippen LogP contribution in [0.15, 0.2) is 79.0 Å². The van der Waals surface area contributed by atoms with Crippen molar-refractivity contribution in [2.75, 3.05) is 50.5 Å². The number of para-hydroxylation sites is 1. The van der Waals surface area contributed by atoms with E-state index in [1.807, 2.05) is 80.6 Å². The Morgan fingerprint density at radius 1 is 0.951 bits per heavy atom. The quantitative estimate of drug-likeness (QED) is 0.281. The molecule has 3 amide bonds.